The van der Waals surface area contributed by atoms with Gasteiger partial charge in [-0.2, -0.15) is 13.2 Å². The topological polar surface area (TPSA) is 62.9 Å². The van der Waals surface area contributed by atoms with E-state index in [0.717, 1.165) is 12.1 Å². The van der Waals surface area contributed by atoms with E-state index >= 15 is 0 Å². The van der Waals surface area contributed by atoms with E-state index in [1.165, 1.54) is 27.4 Å². The Morgan fingerprint density at radius 1 is 0.880 bits per heavy atom. The molecule has 2 N–H and O–H groups in total. The quantitative estimate of drug-likeness (QED) is 0.795. The van der Waals surface area contributed by atoms with Crippen molar-refractivity contribution in [1.29, 1.82) is 0 Å². The summed E-state index contributed by atoms with van der Waals surface area (Å²) in [6, 6.07) is 6.31. The average molecular weight is 357 g/mol. The fourth-order valence-electron chi connectivity index (χ4n) is 2.24. The van der Waals surface area contributed by atoms with Crippen LogP contribution in [0.5, 0.6) is 23.0 Å². The monoisotopic (exact) mass is 357 g/mol. The lowest BCUT2D eigenvalue weighted by Gasteiger charge is -2.15. The second kappa shape index (κ2) is 7.42. The molecule has 25 heavy (non-hydrogen) atoms. The molecule has 2 aromatic rings. The van der Waals surface area contributed by atoms with Gasteiger partial charge in [0.25, 0.3) is 0 Å². The van der Waals surface area contributed by atoms with Crippen LogP contribution in [0.1, 0.15) is 11.1 Å². The standard InChI is InChI=1S/C17H18F3NO4/c1-22-14-6-10(7-15(23-2)16(14)24-3)9-25-13-5-4-11(8-12(13)21)17(18,19)20/h4-8H,9,21H2,1-3H3. The molecule has 0 atom stereocenters. The predicted molar refractivity (Wildman–Crippen MR) is 86.3 cm³/mol. The molecule has 0 unspecified atom stereocenters. The molecule has 0 bridgehead atoms. The number of hydrogen-bond donors (Lipinski definition) is 1. The second-order valence-corrected chi connectivity index (χ2v) is 5.07. The Kier molecular flexibility index (Phi) is 5.51. The van der Waals surface area contributed by atoms with E-state index in [0.29, 0.717) is 22.8 Å². The van der Waals surface area contributed by atoms with Crippen molar-refractivity contribution in [2.45, 2.75) is 12.8 Å². The van der Waals surface area contributed by atoms with Gasteiger partial charge in [0.2, 0.25) is 5.75 Å². The number of methoxy groups -OCH3 is 3. The highest BCUT2D eigenvalue weighted by Gasteiger charge is 2.30. The van der Waals surface area contributed by atoms with Gasteiger partial charge in [0.15, 0.2) is 11.5 Å². The molecule has 0 aromatic heterocycles. The molecule has 0 heterocycles. The fourth-order valence-corrected chi connectivity index (χ4v) is 2.24. The maximum absolute atomic E-state index is 12.7. The molecule has 2 aromatic carbocycles. The Morgan fingerprint density at radius 3 is 1.92 bits per heavy atom. The van der Waals surface area contributed by atoms with Gasteiger partial charge in [0, 0.05) is 0 Å². The molecule has 2 rings (SSSR count). The number of halogens is 3. The summed E-state index contributed by atoms with van der Waals surface area (Å²) in [6.45, 7) is 0.0618. The van der Waals surface area contributed by atoms with Crippen molar-refractivity contribution in [2.24, 2.45) is 0 Å². The molecule has 0 amide bonds. The van der Waals surface area contributed by atoms with Gasteiger partial charge < -0.3 is 24.7 Å². The normalized spacial score (nSPS) is 11.1. The molecule has 0 saturated heterocycles. The number of hydrogen-bond acceptors (Lipinski definition) is 5. The van der Waals surface area contributed by atoms with Gasteiger partial charge in [-0.1, -0.05) is 0 Å². The second-order valence-electron chi connectivity index (χ2n) is 5.07. The third-order valence-corrected chi connectivity index (χ3v) is 3.46. The first-order valence-electron chi connectivity index (χ1n) is 7.18. The summed E-state index contributed by atoms with van der Waals surface area (Å²) in [5, 5.41) is 0. The van der Waals surface area contributed by atoms with Crippen LogP contribution in [-0.2, 0) is 12.8 Å². The number of alkyl halides is 3. The molecule has 0 aliphatic carbocycles. The summed E-state index contributed by atoms with van der Waals surface area (Å²) in [6.07, 6.45) is -4.45. The number of rotatable bonds is 6. The first kappa shape index (κ1) is 18.6. The third kappa shape index (κ3) is 4.20. The lowest BCUT2D eigenvalue weighted by molar-refractivity contribution is -0.137. The van der Waals surface area contributed by atoms with Crippen LogP contribution < -0.4 is 24.7 Å². The average Bonchev–Trinajstić information content (AvgIpc) is 2.58. The summed E-state index contributed by atoms with van der Waals surface area (Å²) >= 11 is 0. The van der Waals surface area contributed by atoms with Gasteiger partial charge in [-0.25, -0.2) is 0 Å². The van der Waals surface area contributed by atoms with Crippen LogP contribution in [0.2, 0.25) is 0 Å². The third-order valence-electron chi connectivity index (χ3n) is 3.46. The summed E-state index contributed by atoms with van der Waals surface area (Å²) < 4.78 is 59.2. The lowest BCUT2D eigenvalue weighted by Crippen LogP contribution is -2.07. The summed E-state index contributed by atoms with van der Waals surface area (Å²) in [7, 11) is 4.45. The van der Waals surface area contributed by atoms with Crippen molar-refractivity contribution in [3.63, 3.8) is 0 Å². The van der Waals surface area contributed by atoms with Crippen molar-refractivity contribution in [2.75, 3.05) is 27.1 Å². The van der Waals surface area contributed by atoms with E-state index < -0.39 is 11.7 Å². The van der Waals surface area contributed by atoms with Crippen molar-refractivity contribution in [3.8, 4) is 23.0 Å². The first-order chi connectivity index (χ1) is 11.8. The predicted octanol–water partition coefficient (Wildman–Crippen LogP) is 3.89. The van der Waals surface area contributed by atoms with Gasteiger partial charge in [-0.3, -0.25) is 0 Å². The highest BCUT2D eigenvalue weighted by atomic mass is 19.4. The van der Waals surface area contributed by atoms with Crippen LogP contribution in [0.25, 0.3) is 0 Å². The van der Waals surface area contributed by atoms with Crippen molar-refractivity contribution >= 4 is 5.69 Å². The minimum Gasteiger partial charge on any atom is -0.493 e. The van der Waals surface area contributed by atoms with Crippen LogP contribution >= 0.6 is 0 Å². The molecular weight excluding hydrogens is 339 g/mol. The zero-order chi connectivity index (χ0) is 18.6. The summed E-state index contributed by atoms with van der Waals surface area (Å²) in [5.41, 5.74) is 5.40. The highest BCUT2D eigenvalue weighted by molar-refractivity contribution is 5.56. The summed E-state index contributed by atoms with van der Waals surface area (Å²) in [4.78, 5) is 0. The minimum atomic E-state index is -4.45. The van der Waals surface area contributed by atoms with Crippen molar-refractivity contribution in [1.82, 2.24) is 0 Å². The van der Waals surface area contributed by atoms with Gasteiger partial charge in [-0.05, 0) is 35.9 Å². The Hall–Kier alpha value is -2.77. The Bertz CT molecular complexity index is 722. The van der Waals surface area contributed by atoms with E-state index in [2.05, 4.69) is 0 Å². The van der Waals surface area contributed by atoms with Gasteiger partial charge in [0.1, 0.15) is 12.4 Å². The van der Waals surface area contributed by atoms with Crippen LogP contribution in [-0.4, -0.2) is 21.3 Å². The van der Waals surface area contributed by atoms with E-state index in [9.17, 15) is 13.2 Å². The lowest BCUT2D eigenvalue weighted by atomic mass is 10.1. The molecule has 0 aliphatic heterocycles. The number of anilines is 1. The molecule has 0 aliphatic rings. The first-order valence-corrected chi connectivity index (χ1v) is 7.18. The van der Waals surface area contributed by atoms with Crippen LogP contribution in [0.15, 0.2) is 30.3 Å². The number of ether oxygens (including phenoxy) is 4. The van der Waals surface area contributed by atoms with E-state index in [1.54, 1.807) is 12.1 Å². The van der Waals surface area contributed by atoms with E-state index in [4.69, 9.17) is 24.7 Å². The van der Waals surface area contributed by atoms with Crippen molar-refractivity contribution < 1.29 is 32.1 Å². The van der Waals surface area contributed by atoms with Gasteiger partial charge >= 0.3 is 6.18 Å². The molecule has 8 heteroatoms. The zero-order valence-corrected chi connectivity index (χ0v) is 13.9. The SMILES string of the molecule is COc1cc(COc2ccc(C(F)(F)F)cc2N)cc(OC)c1OC. The van der Waals surface area contributed by atoms with Gasteiger partial charge in [-0.15, -0.1) is 0 Å². The maximum atomic E-state index is 12.7. The minimum absolute atomic E-state index is 0.0618. The summed E-state index contributed by atoms with van der Waals surface area (Å²) in [5.74, 6) is 1.48. The van der Waals surface area contributed by atoms with Gasteiger partial charge in [0.05, 0.1) is 32.6 Å². The Morgan fingerprint density at radius 2 is 1.48 bits per heavy atom. The number of nitrogens with two attached hydrogens (primary N) is 1. The molecule has 0 spiro atoms. The largest absolute Gasteiger partial charge is 0.493 e. The molecule has 136 valence electrons. The molecule has 0 fully saturated rings. The van der Waals surface area contributed by atoms with E-state index in [1.807, 2.05) is 0 Å². The van der Waals surface area contributed by atoms with Crippen molar-refractivity contribution in [3.05, 3.63) is 41.5 Å². The maximum Gasteiger partial charge on any atom is 0.416 e. The van der Waals surface area contributed by atoms with E-state index in [-0.39, 0.29) is 18.0 Å². The smallest absolute Gasteiger partial charge is 0.416 e. The molecule has 0 radical (unpaired) electrons. The fraction of sp³-hybridized carbons (Fsp3) is 0.294. The number of nitrogen functional groups attached to an aromatic ring is 1. The Labute approximate surface area is 143 Å². The molecule has 0 saturated carbocycles. The van der Waals surface area contributed by atoms with Crippen LogP contribution in [0.3, 0.4) is 0 Å². The highest BCUT2D eigenvalue weighted by Crippen LogP contribution is 2.39. The Balaban J connectivity index is 2.21. The zero-order valence-electron chi connectivity index (χ0n) is 13.9. The van der Waals surface area contributed by atoms with Crippen LogP contribution in [0, 0.1) is 0 Å². The number of benzene rings is 2. The molecule has 5 nitrogen and oxygen atoms in total. The molecular formula is C17H18F3NO4. The van der Waals surface area contributed by atoms with Crippen LogP contribution in [0.4, 0.5) is 18.9 Å².